The number of rotatable bonds is 3. The summed E-state index contributed by atoms with van der Waals surface area (Å²) in [4.78, 5) is 1.25. The van der Waals surface area contributed by atoms with Gasteiger partial charge in [-0.1, -0.05) is 0 Å². The van der Waals surface area contributed by atoms with Gasteiger partial charge in [-0.15, -0.1) is 0 Å². The third kappa shape index (κ3) is 3.52. The van der Waals surface area contributed by atoms with E-state index in [1.807, 2.05) is 0 Å². The third-order valence-electron chi connectivity index (χ3n) is 2.38. The highest BCUT2D eigenvalue weighted by Crippen LogP contribution is 2.30. The summed E-state index contributed by atoms with van der Waals surface area (Å²) in [5, 5.41) is 0. The Morgan fingerprint density at radius 2 is 1.92 bits per heavy atom. The molecule has 0 bridgehead atoms. The lowest BCUT2D eigenvalue weighted by atomic mass is 9.77. The normalized spacial score (nSPS) is 21.7. The molecule has 78 valence electrons. The molecule has 0 aromatic carbocycles. The molecule has 13 heavy (non-hydrogen) atoms. The summed E-state index contributed by atoms with van der Waals surface area (Å²) in [7, 11) is 1.46. The molecule has 0 saturated heterocycles. The molecular formula is C8H15F3N2. The fourth-order valence-corrected chi connectivity index (χ4v) is 1.69. The minimum Gasteiger partial charge on any atom is -0.324 e. The van der Waals surface area contributed by atoms with Crippen molar-refractivity contribution in [1.82, 2.24) is 4.90 Å². The predicted molar refractivity (Wildman–Crippen MR) is 44.3 cm³/mol. The smallest absolute Gasteiger partial charge is 0.324 e. The summed E-state index contributed by atoms with van der Waals surface area (Å²) in [5.41, 5.74) is 5.45. The van der Waals surface area contributed by atoms with E-state index in [0.717, 1.165) is 19.3 Å². The Labute approximate surface area is 75.9 Å². The first-order chi connectivity index (χ1) is 5.81. The van der Waals surface area contributed by atoms with Crippen LogP contribution in [0.5, 0.6) is 0 Å². The Kier molecular flexibility index (Phi) is 2.87. The van der Waals surface area contributed by atoms with Crippen LogP contribution in [0, 0.1) is 0 Å². The molecule has 2 nitrogen and oxygen atoms in total. The van der Waals surface area contributed by atoms with E-state index in [0.29, 0.717) is 6.54 Å². The van der Waals surface area contributed by atoms with Crippen molar-refractivity contribution in [2.75, 3.05) is 20.1 Å². The second-order valence-electron chi connectivity index (χ2n) is 4.00. The summed E-state index contributed by atoms with van der Waals surface area (Å²) in [5.74, 6) is 0. The highest BCUT2D eigenvalue weighted by Gasteiger charge is 2.36. The van der Waals surface area contributed by atoms with E-state index >= 15 is 0 Å². The van der Waals surface area contributed by atoms with E-state index in [9.17, 15) is 13.2 Å². The fourth-order valence-electron chi connectivity index (χ4n) is 1.69. The van der Waals surface area contributed by atoms with Crippen molar-refractivity contribution in [3.63, 3.8) is 0 Å². The van der Waals surface area contributed by atoms with Gasteiger partial charge in [0.05, 0.1) is 6.54 Å². The van der Waals surface area contributed by atoms with Crippen LogP contribution in [0.25, 0.3) is 0 Å². The van der Waals surface area contributed by atoms with Gasteiger partial charge in [-0.2, -0.15) is 13.2 Å². The van der Waals surface area contributed by atoms with Crippen molar-refractivity contribution < 1.29 is 13.2 Å². The average Bonchev–Trinajstić information content (AvgIpc) is 1.79. The van der Waals surface area contributed by atoms with Gasteiger partial charge in [0.15, 0.2) is 0 Å². The SMILES string of the molecule is CN(CC(F)(F)F)CC1(N)CCC1. The lowest BCUT2D eigenvalue weighted by Gasteiger charge is -2.41. The van der Waals surface area contributed by atoms with E-state index in [-0.39, 0.29) is 5.54 Å². The van der Waals surface area contributed by atoms with Gasteiger partial charge in [0, 0.05) is 12.1 Å². The highest BCUT2D eigenvalue weighted by molar-refractivity contribution is 4.94. The van der Waals surface area contributed by atoms with E-state index in [4.69, 9.17) is 5.73 Å². The van der Waals surface area contributed by atoms with Crippen LogP contribution < -0.4 is 5.73 Å². The van der Waals surface area contributed by atoms with Crippen molar-refractivity contribution in [3.05, 3.63) is 0 Å². The number of alkyl halides is 3. The summed E-state index contributed by atoms with van der Waals surface area (Å²) in [6.07, 6.45) is -1.39. The lowest BCUT2D eigenvalue weighted by Crippen LogP contribution is -2.55. The number of hydrogen-bond donors (Lipinski definition) is 1. The molecule has 1 aliphatic rings. The van der Waals surface area contributed by atoms with Gasteiger partial charge in [-0.05, 0) is 26.3 Å². The minimum atomic E-state index is -4.12. The van der Waals surface area contributed by atoms with Crippen molar-refractivity contribution in [2.24, 2.45) is 5.73 Å². The summed E-state index contributed by atoms with van der Waals surface area (Å²) >= 11 is 0. The maximum atomic E-state index is 11.9. The molecule has 0 aromatic heterocycles. The molecule has 0 aliphatic heterocycles. The molecule has 1 saturated carbocycles. The van der Waals surface area contributed by atoms with Gasteiger partial charge in [0.25, 0.3) is 0 Å². The van der Waals surface area contributed by atoms with E-state index in [2.05, 4.69) is 0 Å². The van der Waals surface area contributed by atoms with Gasteiger partial charge in [-0.3, -0.25) is 4.90 Å². The zero-order valence-electron chi connectivity index (χ0n) is 7.69. The standard InChI is InChI=1S/C8H15F3N2/c1-13(6-8(9,10)11)5-7(12)3-2-4-7/h2-6,12H2,1H3. The first-order valence-electron chi connectivity index (χ1n) is 4.35. The zero-order chi connectivity index (χ0) is 10.1. The van der Waals surface area contributed by atoms with Crippen LogP contribution in [0.4, 0.5) is 13.2 Å². The summed E-state index contributed by atoms with van der Waals surface area (Å²) < 4.78 is 35.8. The van der Waals surface area contributed by atoms with Gasteiger partial charge >= 0.3 is 6.18 Å². The van der Waals surface area contributed by atoms with Gasteiger partial charge in [0.2, 0.25) is 0 Å². The second-order valence-corrected chi connectivity index (χ2v) is 4.00. The number of halogens is 3. The Balaban J connectivity index is 2.28. The van der Waals surface area contributed by atoms with E-state index in [1.54, 1.807) is 0 Å². The minimum absolute atomic E-state index is 0.340. The number of nitrogens with zero attached hydrogens (tertiary/aromatic N) is 1. The molecule has 1 rings (SSSR count). The molecule has 2 N–H and O–H groups in total. The van der Waals surface area contributed by atoms with Gasteiger partial charge in [-0.25, -0.2) is 0 Å². The van der Waals surface area contributed by atoms with Crippen LogP contribution in [0.1, 0.15) is 19.3 Å². The van der Waals surface area contributed by atoms with Crippen LogP contribution >= 0.6 is 0 Å². The first-order valence-corrected chi connectivity index (χ1v) is 4.35. The average molecular weight is 196 g/mol. The molecule has 0 heterocycles. The molecule has 0 aromatic rings. The monoisotopic (exact) mass is 196 g/mol. The van der Waals surface area contributed by atoms with Crippen LogP contribution in [0.15, 0.2) is 0 Å². The maximum absolute atomic E-state index is 11.9. The maximum Gasteiger partial charge on any atom is 0.401 e. The molecule has 0 atom stereocenters. The predicted octanol–water partition coefficient (Wildman–Crippen LogP) is 1.36. The van der Waals surface area contributed by atoms with Crippen LogP contribution in [-0.4, -0.2) is 36.8 Å². The van der Waals surface area contributed by atoms with E-state index < -0.39 is 12.7 Å². The van der Waals surface area contributed by atoms with Gasteiger partial charge in [0.1, 0.15) is 0 Å². The molecule has 0 amide bonds. The Hall–Kier alpha value is -0.290. The second kappa shape index (κ2) is 3.46. The Morgan fingerprint density at radius 3 is 2.23 bits per heavy atom. The van der Waals surface area contributed by atoms with Crippen molar-refractivity contribution in [2.45, 2.75) is 31.0 Å². The van der Waals surface area contributed by atoms with Gasteiger partial charge < -0.3 is 5.73 Å². The van der Waals surface area contributed by atoms with Crippen LogP contribution in [-0.2, 0) is 0 Å². The zero-order valence-corrected chi connectivity index (χ0v) is 7.69. The number of likely N-dealkylation sites (N-methyl/N-ethyl adjacent to an activating group) is 1. The van der Waals surface area contributed by atoms with E-state index in [1.165, 1.54) is 11.9 Å². The molecule has 0 radical (unpaired) electrons. The van der Waals surface area contributed by atoms with Crippen LogP contribution in [0.3, 0.4) is 0 Å². The van der Waals surface area contributed by atoms with Crippen molar-refractivity contribution in [3.8, 4) is 0 Å². The third-order valence-corrected chi connectivity index (χ3v) is 2.38. The number of hydrogen-bond acceptors (Lipinski definition) is 2. The largest absolute Gasteiger partial charge is 0.401 e. The summed E-state index contributed by atoms with van der Waals surface area (Å²) in [6.45, 7) is -0.529. The Morgan fingerprint density at radius 1 is 1.38 bits per heavy atom. The molecule has 0 unspecified atom stereocenters. The molecule has 1 fully saturated rings. The first kappa shape index (κ1) is 10.8. The molecular weight excluding hydrogens is 181 g/mol. The fraction of sp³-hybridized carbons (Fsp3) is 1.00. The van der Waals surface area contributed by atoms with Crippen molar-refractivity contribution in [1.29, 1.82) is 0 Å². The molecule has 5 heteroatoms. The summed E-state index contributed by atoms with van der Waals surface area (Å²) in [6, 6.07) is 0. The number of nitrogens with two attached hydrogens (primary N) is 1. The highest BCUT2D eigenvalue weighted by atomic mass is 19.4. The molecule has 0 spiro atoms. The van der Waals surface area contributed by atoms with Crippen molar-refractivity contribution >= 4 is 0 Å². The lowest BCUT2D eigenvalue weighted by molar-refractivity contribution is -0.145. The van der Waals surface area contributed by atoms with Crippen LogP contribution in [0.2, 0.25) is 0 Å². The topological polar surface area (TPSA) is 29.3 Å². The quantitative estimate of drug-likeness (QED) is 0.738. The molecule has 1 aliphatic carbocycles. The Bertz CT molecular complexity index is 175.